The Morgan fingerprint density at radius 3 is 1.13 bits per heavy atom. The quantitative estimate of drug-likeness (QED) is 0.132. The van der Waals surface area contributed by atoms with Gasteiger partial charge in [0.15, 0.2) is 22.8 Å². The van der Waals surface area contributed by atoms with Gasteiger partial charge in [0.25, 0.3) is 11.8 Å². The van der Waals surface area contributed by atoms with Gasteiger partial charge in [-0.15, -0.1) is 0 Å². The number of fused-ring (bicyclic) bond motifs is 6. The average molecular weight is 943 g/mol. The number of aliphatic hydroxyl groups excluding tert-OH is 6. The second kappa shape index (κ2) is 17.6. The largest absolute Gasteiger partial charge is 0.508 e. The van der Waals surface area contributed by atoms with Gasteiger partial charge in [0.2, 0.25) is 11.6 Å². The Morgan fingerprint density at radius 2 is 0.866 bits per heavy atom. The number of hydrogen-bond donors (Lipinski definition) is 12. The first-order valence-corrected chi connectivity index (χ1v) is 20.0. The summed E-state index contributed by atoms with van der Waals surface area (Å²) in [5, 5.41) is 110. The zero-order valence-corrected chi connectivity index (χ0v) is 36.7. The lowest BCUT2D eigenvalue weighted by Gasteiger charge is -2.53. The van der Waals surface area contributed by atoms with Crippen molar-refractivity contribution in [2.45, 2.75) is 61.2 Å². The molecule has 23 nitrogen and oxygen atoms in total. The van der Waals surface area contributed by atoms with Crippen molar-refractivity contribution in [1.29, 1.82) is 0 Å². The predicted octanol–water partition coefficient (Wildman–Crippen LogP) is -3.48. The molecule has 0 aromatic heterocycles. The fourth-order valence-electron chi connectivity index (χ4n) is 11.2. The first kappa shape index (κ1) is 53.1. The van der Waals surface area contributed by atoms with Crippen LogP contribution in [0.2, 0.25) is 0 Å². The molecule has 6 aliphatic rings. The highest BCUT2D eigenvalue weighted by Crippen LogP contribution is 2.58. The molecule has 0 heterocycles. The number of nitrogens with zero attached hydrogens (tertiary/aromatic N) is 2. The van der Waals surface area contributed by atoms with Crippen LogP contribution in [0.25, 0.3) is 11.5 Å². The van der Waals surface area contributed by atoms with Crippen LogP contribution in [0.15, 0.2) is 70.2 Å². The van der Waals surface area contributed by atoms with Crippen molar-refractivity contribution in [3.63, 3.8) is 0 Å². The highest BCUT2D eigenvalue weighted by Gasteiger charge is 2.70. The second-order valence-corrected chi connectivity index (χ2v) is 17.6. The summed E-state index contributed by atoms with van der Waals surface area (Å²) in [6, 6.07) is 6.26. The Balaban J connectivity index is 0.000000280. The van der Waals surface area contributed by atoms with E-state index in [1.165, 1.54) is 50.1 Å². The Hall–Kier alpha value is -6.54. The van der Waals surface area contributed by atoms with E-state index in [0.29, 0.717) is 11.1 Å². The summed E-state index contributed by atoms with van der Waals surface area (Å²) in [7, 11) is 5.84. The molecule has 8 rings (SSSR count). The van der Waals surface area contributed by atoms with Crippen LogP contribution in [0.1, 0.15) is 47.9 Å². The second-order valence-electron chi connectivity index (χ2n) is 17.6. The maximum absolute atomic E-state index is 13.7. The number of phenols is 2. The molecule has 0 bridgehead atoms. The number of rotatable bonds is 4. The van der Waals surface area contributed by atoms with Gasteiger partial charge in [-0.3, -0.25) is 38.6 Å². The molecule has 2 amide bonds. The van der Waals surface area contributed by atoms with Crippen LogP contribution in [0.3, 0.4) is 0 Å². The van der Waals surface area contributed by atoms with E-state index in [1.54, 1.807) is 38.1 Å². The summed E-state index contributed by atoms with van der Waals surface area (Å²) in [5.41, 5.74) is 2.94. The monoisotopic (exact) mass is 942 g/mol. The molecule has 12 atom stereocenters. The van der Waals surface area contributed by atoms with E-state index in [-0.39, 0.29) is 39.1 Å². The summed E-state index contributed by atoms with van der Waals surface area (Å²) in [6.45, 7) is 3.35. The molecule has 2 aromatic rings. The van der Waals surface area contributed by atoms with Gasteiger partial charge < -0.3 is 79.0 Å². The van der Waals surface area contributed by atoms with E-state index in [4.69, 9.17) is 11.5 Å². The van der Waals surface area contributed by atoms with E-state index in [1.807, 2.05) is 0 Å². The van der Waals surface area contributed by atoms with Gasteiger partial charge in [0.05, 0.1) is 47.3 Å². The number of carbonyl (C=O) groups is 6. The van der Waals surface area contributed by atoms with Gasteiger partial charge in [-0.05, 0) is 63.3 Å². The smallest absolute Gasteiger partial charge is 0.255 e. The molecule has 2 fully saturated rings. The molecule has 67 heavy (non-hydrogen) atoms. The van der Waals surface area contributed by atoms with Gasteiger partial charge in [-0.25, -0.2) is 0 Å². The number of nitrogens with two attached hydrogens (primary N) is 2. The third-order valence-electron chi connectivity index (χ3n) is 14.0. The molecule has 20 N–H and O–H groups in total. The standard InChI is InChI=1S/2C22H24N2O8.3H2O/c2*1-7-8-5-4-6-9(25)11(8)16(26)12-10(7)17(27)14-15(24(2)3)18(28)13(21(23)31)20(30)22(14,32)19(12)29;;;/h2*4-7,10,14-15,17,25-27,30,32H,1-3H3,(H2,23,31);3*1H2/t2*7-,10+,14+,15-,17-,22-;;;/m00.../s1. The molecule has 364 valence electrons. The van der Waals surface area contributed by atoms with Crippen LogP contribution in [0.4, 0.5) is 0 Å². The van der Waals surface area contributed by atoms with Crippen molar-refractivity contribution in [1.82, 2.24) is 9.80 Å². The maximum Gasteiger partial charge on any atom is 0.255 e. The Kier molecular flexibility index (Phi) is 13.9. The summed E-state index contributed by atoms with van der Waals surface area (Å²) in [6.07, 6.45) is -3.18. The predicted molar refractivity (Wildman–Crippen MR) is 232 cm³/mol. The molecular formula is C44H54N4O19. The van der Waals surface area contributed by atoms with Crippen LogP contribution in [0, 0.1) is 23.7 Å². The fraction of sp³-hybridized carbons (Fsp3) is 0.409. The SMILES string of the molecule is C[C@H]1c2cccc(O)c2C(O)=C2C(=O)[C@]3(O)C(O)=C(C(N)=O)C(=O)[C@@H](N(C)C)[C@@H]3[C@@H](O)[C@@H]21.C[C@H]1c2cccc(O)c2C(O)=C2C(=O)[C@]3(O)C(O)=C(C(N)=O)C(=O)[C@@H](N(C)C)[C@@H]3[C@@H](O)[C@@H]21.O.O.O. The molecule has 2 saturated carbocycles. The molecule has 0 radical (unpaired) electrons. The van der Waals surface area contributed by atoms with Crippen LogP contribution < -0.4 is 11.5 Å². The van der Waals surface area contributed by atoms with Gasteiger partial charge in [-0.1, -0.05) is 38.1 Å². The van der Waals surface area contributed by atoms with Crippen LogP contribution in [-0.4, -0.2) is 176 Å². The molecule has 0 aliphatic heterocycles. The summed E-state index contributed by atoms with van der Waals surface area (Å²) >= 11 is 0. The number of aromatic hydroxyl groups is 2. The topological polar surface area (TPSA) is 458 Å². The van der Waals surface area contributed by atoms with Crippen molar-refractivity contribution >= 4 is 46.5 Å². The van der Waals surface area contributed by atoms with E-state index in [9.17, 15) is 79.8 Å². The number of benzene rings is 2. The van der Waals surface area contributed by atoms with Gasteiger partial charge in [0, 0.05) is 23.0 Å². The normalized spacial score (nSPS) is 32.8. The highest BCUT2D eigenvalue weighted by atomic mass is 16.4. The Morgan fingerprint density at radius 1 is 0.567 bits per heavy atom. The average Bonchev–Trinajstić information content (AvgIpc) is 3.20. The van der Waals surface area contributed by atoms with Crippen molar-refractivity contribution in [2.75, 3.05) is 28.2 Å². The van der Waals surface area contributed by atoms with E-state index < -0.39 is 151 Å². The van der Waals surface area contributed by atoms with E-state index in [2.05, 4.69) is 0 Å². The lowest BCUT2D eigenvalue weighted by atomic mass is 9.54. The summed E-state index contributed by atoms with van der Waals surface area (Å²) in [5.74, 6) is -17.7. The van der Waals surface area contributed by atoms with Crippen molar-refractivity contribution < 1.29 is 96.3 Å². The zero-order chi connectivity index (χ0) is 47.7. The maximum atomic E-state index is 13.7. The van der Waals surface area contributed by atoms with Gasteiger partial charge >= 0.3 is 0 Å². The lowest BCUT2D eigenvalue weighted by Crippen LogP contribution is -2.70. The van der Waals surface area contributed by atoms with Crippen LogP contribution in [-0.2, 0) is 28.8 Å². The first-order chi connectivity index (χ1) is 29.7. The minimum atomic E-state index is -2.89. The van der Waals surface area contributed by atoms with Gasteiger partial charge in [-0.2, -0.15) is 0 Å². The van der Waals surface area contributed by atoms with Crippen molar-refractivity contribution in [3.05, 3.63) is 92.5 Å². The molecule has 0 spiro atoms. The third kappa shape index (κ3) is 6.84. The number of phenolic OH excluding ortho intramolecular Hbond substituents is 2. The number of Topliss-reactive ketones (excluding diaryl/α,β-unsaturated/α-hetero) is 4. The van der Waals surface area contributed by atoms with Gasteiger partial charge in [0.1, 0.15) is 45.7 Å². The number of likely N-dealkylation sites (N-methyl/N-ethyl adjacent to an activating group) is 2. The third-order valence-corrected chi connectivity index (χ3v) is 14.0. The number of amides is 2. The fourth-order valence-corrected chi connectivity index (χ4v) is 11.2. The van der Waals surface area contributed by atoms with E-state index >= 15 is 0 Å². The minimum absolute atomic E-state index is 0. The summed E-state index contributed by atoms with van der Waals surface area (Å²) in [4.78, 5) is 79.9. The summed E-state index contributed by atoms with van der Waals surface area (Å²) < 4.78 is 0. The molecular weight excluding hydrogens is 888 g/mol. The van der Waals surface area contributed by atoms with Crippen molar-refractivity contribution in [3.8, 4) is 11.5 Å². The molecule has 0 saturated heterocycles. The number of carbonyl (C=O) groups excluding carboxylic acids is 6. The number of ketones is 4. The molecule has 6 aliphatic carbocycles. The first-order valence-electron chi connectivity index (χ1n) is 20.0. The number of primary amides is 2. The minimum Gasteiger partial charge on any atom is -0.508 e. The van der Waals surface area contributed by atoms with Crippen LogP contribution >= 0.6 is 0 Å². The van der Waals surface area contributed by atoms with E-state index in [0.717, 1.165) is 0 Å². The number of aliphatic hydroxyl groups is 8. The van der Waals surface area contributed by atoms with Crippen LogP contribution in [0.5, 0.6) is 11.5 Å². The Labute approximate surface area is 380 Å². The van der Waals surface area contributed by atoms with Crippen molar-refractivity contribution in [2.24, 2.45) is 35.1 Å². The Bertz CT molecular complexity index is 2460. The number of hydrogen-bond acceptors (Lipinski definition) is 18. The molecule has 2 aromatic carbocycles. The lowest BCUT2D eigenvalue weighted by molar-refractivity contribution is -0.170. The molecule has 0 unspecified atom stereocenters. The zero-order valence-electron chi connectivity index (χ0n) is 36.7. The molecule has 23 heteroatoms. The highest BCUT2D eigenvalue weighted by molar-refractivity contribution is 6.26.